The molecular weight excluding hydrogens is 134 g/mol. The fraction of sp³-hybridized carbons (Fsp3) is 0.200. The first-order valence-electron chi connectivity index (χ1n) is 2.69. The molecule has 1 rings (SSSR count). The van der Waals surface area contributed by atoms with Gasteiger partial charge in [-0.25, -0.2) is 4.79 Å². The van der Waals surface area contributed by atoms with E-state index >= 15 is 0 Å². The molecule has 0 unspecified atom stereocenters. The van der Waals surface area contributed by atoms with Crippen molar-refractivity contribution >= 4 is 6.03 Å². The van der Waals surface area contributed by atoms with Gasteiger partial charge in [0.05, 0.1) is 0 Å². The van der Waals surface area contributed by atoms with Crippen LogP contribution in [0.3, 0.4) is 0 Å². The fourth-order valence-corrected chi connectivity index (χ4v) is 0.535. The standard InChI is InChI=1S/C5H6N3O2/c1-6-5(10)8-3-2-4(9)7-8/h2-3H,1H3,(H,6,10). The van der Waals surface area contributed by atoms with E-state index in [1.165, 1.54) is 19.3 Å². The maximum absolute atomic E-state index is 10.7. The lowest BCUT2D eigenvalue weighted by molar-refractivity contribution is 0.240. The minimum atomic E-state index is -0.415. The molecule has 5 nitrogen and oxygen atoms in total. The van der Waals surface area contributed by atoms with E-state index in [0.717, 1.165) is 4.68 Å². The number of aromatic nitrogens is 2. The Bertz CT molecular complexity index is 243. The zero-order chi connectivity index (χ0) is 7.56. The molecule has 1 aromatic rings. The first kappa shape index (κ1) is 6.60. The third-order valence-corrected chi connectivity index (χ3v) is 0.987. The van der Waals surface area contributed by atoms with Crippen LogP contribution in [0.4, 0.5) is 4.79 Å². The molecule has 1 heterocycles. The Hall–Kier alpha value is -1.52. The van der Waals surface area contributed by atoms with Gasteiger partial charge in [-0.2, -0.15) is 4.68 Å². The van der Waals surface area contributed by atoms with Gasteiger partial charge < -0.3 is 5.32 Å². The molecule has 53 valence electrons. The molecule has 1 N–H and O–H groups in total. The van der Waals surface area contributed by atoms with E-state index in [2.05, 4.69) is 10.4 Å². The van der Waals surface area contributed by atoms with Crippen molar-refractivity contribution < 1.29 is 9.90 Å². The van der Waals surface area contributed by atoms with E-state index < -0.39 is 11.9 Å². The van der Waals surface area contributed by atoms with Gasteiger partial charge in [0.25, 0.3) is 5.88 Å². The highest BCUT2D eigenvalue weighted by Gasteiger charge is 2.02. The lowest BCUT2D eigenvalue weighted by atomic mass is 10.7. The third kappa shape index (κ3) is 1.07. The zero-order valence-corrected chi connectivity index (χ0v) is 5.37. The van der Waals surface area contributed by atoms with Crippen LogP contribution < -0.4 is 5.32 Å². The molecule has 0 aromatic carbocycles. The van der Waals surface area contributed by atoms with Gasteiger partial charge in [-0.3, -0.25) is 5.11 Å². The molecular formula is C5H6N3O2. The number of carbonyl (C=O) groups is 1. The van der Waals surface area contributed by atoms with Gasteiger partial charge >= 0.3 is 6.03 Å². The van der Waals surface area contributed by atoms with E-state index in [1.54, 1.807) is 0 Å². The van der Waals surface area contributed by atoms with Crippen molar-refractivity contribution in [3.8, 4) is 5.88 Å². The maximum Gasteiger partial charge on any atom is 0.341 e. The van der Waals surface area contributed by atoms with Gasteiger partial charge in [0.2, 0.25) is 0 Å². The molecule has 1 radical (unpaired) electrons. The molecule has 10 heavy (non-hydrogen) atoms. The normalized spacial score (nSPS) is 9.30. The first-order chi connectivity index (χ1) is 4.74. The Morgan fingerprint density at radius 2 is 2.50 bits per heavy atom. The Balaban J connectivity index is 2.85. The SMILES string of the molecule is CNC(=O)n1ccc([O])n1. The van der Waals surface area contributed by atoms with Crippen molar-refractivity contribution in [2.24, 2.45) is 0 Å². The highest BCUT2D eigenvalue weighted by Crippen LogP contribution is 2.01. The smallest absolute Gasteiger partial charge is 0.339 e. The summed E-state index contributed by atoms with van der Waals surface area (Å²) in [4.78, 5) is 10.7. The molecule has 0 saturated heterocycles. The molecule has 0 saturated carbocycles. The minimum Gasteiger partial charge on any atom is -0.339 e. The Morgan fingerprint density at radius 1 is 1.80 bits per heavy atom. The van der Waals surface area contributed by atoms with E-state index in [9.17, 15) is 9.90 Å². The largest absolute Gasteiger partial charge is 0.341 e. The summed E-state index contributed by atoms with van der Waals surface area (Å²) in [5, 5.41) is 16.0. The van der Waals surface area contributed by atoms with Crippen molar-refractivity contribution in [3.05, 3.63) is 12.3 Å². The second-order valence-electron chi connectivity index (χ2n) is 1.65. The molecule has 0 spiro atoms. The van der Waals surface area contributed by atoms with Gasteiger partial charge in [0.15, 0.2) is 0 Å². The Morgan fingerprint density at radius 3 is 2.90 bits per heavy atom. The average molecular weight is 140 g/mol. The Labute approximate surface area is 57.3 Å². The van der Waals surface area contributed by atoms with E-state index in [4.69, 9.17) is 0 Å². The Kier molecular flexibility index (Phi) is 1.57. The van der Waals surface area contributed by atoms with Crippen LogP contribution in [0.1, 0.15) is 0 Å². The highest BCUT2D eigenvalue weighted by molar-refractivity contribution is 5.75. The van der Waals surface area contributed by atoms with Crippen molar-refractivity contribution in [2.75, 3.05) is 7.05 Å². The summed E-state index contributed by atoms with van der Waals surface area (Å²) in [5.74, 6) is -0.413. The number of nitrogens with zero attached hydrogens (tertiary/aromatic N) is 2. The molecule has 0 bridgehead atoms. The van der Waals surface area contributed by atoms with Gasteiger partial charge in [0.1, 0.15) is 0 Å². The topological polar surface area (TPSA) is 66.8 Å². The quantitative estimate of drug-likeness (QED) is 0.559. The van der Waals surface area contributed by atoms with Crippen LogP contribution >= 0.6 is 0 Å². The summed E-state index contributed by atoms with van der Waals surface area (Å²) in [6.07, 6.45) is 1.31. The van der Waals surface area contributed by atoms with Gasteiger partial charge in [-0.1, -0.05) is 0 Å². The molecule has 1 aromatic heterocycles. The van der Waals surface area contributed by atoms with Gasteiger partial charge in [-0.15, -0.1) is 5.10 Å². The monoisotopic (exact) mass is 140 g/mol. The summed E-state index contributed by atoms with van der Waals surface area (Å²) >= 11 is 0. The van der Waals surface area contributed by atoms with Crippen LogP contribution in [0, 0.1) is 0 Å². The van der Waals surface area contributed by atoms with Crippen molar-refractivity contribution in [3.63, 3.8) is 0 Å². The van der Waals surface area contributed by atoms with Crippen molar-refractivity contribution in [2.45, 2.75) is 0 Å². The molecule has 0 fully saturated rings. The van der Waals surface area contributed by atoms with E-state index in [-0.39, 0.29) is 0 Å². The predicted molar refractivity (Wildman–Crippen MR) is 32.2 cm³/mol. The van der Waals surface area contributed by atoms with Crippen molar-refractivity contribution in [1.82, 2.24) is 15.1 Å². The van der Waals surface area contributed by atoms with Gasteiger partial charge in [0, 0.05) is 19.3 Å². The lowest BCUT2D eigenvalue weighted by Gasteiger charge is -1.94. The van der Waals surface area contributed by atoms with Crippen molar-refractivity contribution in [1.29, 1.82) is 0 Å². The summed E-state index contributed by atoms with van der Waals surface area (Å²) in [6, 6.07) is 0.803. The number of hydrogen-bond acceptors (Lipinski definition) is 2. The first-order valence-corrected chi connectivity index (χ1v) is 2.69. The van der Waals surface area contributed by atoms with Gasteiger partial charge in [-0.05, 0) is 0 Å². The molecule has 0 aliphatic heterocycles. The van der Waals surface area contributed by atoms with E-state index in [0.29, 0.717) is 0 Å². The fourth-order valence-electron chi connectivity index (χ4n) is 0.535. The van der Waals surface area contributed by atoms with Crippen LogP contribution in [0.5, 0.6) is 5.88 Å². The summed E-state index contributed by atoms with van der Waals surface area (Å²) < 4.78 is 0.947. The van der Waals surface area contributed by atoms with E-state index in [1.807, 2.05) is 0 Å². The highest BCUT2D eigenvalue weighted by atomic mass is 16.3. The van der Waals surface area contributed by atoms with Crippen LogP contribution in [-0.2, 0) is 5.11 Å². The lowest BCUT2D eigenvalue weighted by Crippen LogP contribution is -2.24. The van der Waals surface area contributed by atoms with Crippen LogP contribution in [0.2, 0.25) is 0 Å². The average Bonchev–Trinajstić information content (AvgIpc) is 2.34. The molecule has 0 aliphatic carbocycles. The number of amides is 1. The van der Waals surface area contributed by atoms with Crippen LogP contribution in [0.15, 0.2) is 12.3 Å². The molecule has 5 heteroatoms. The van der Waals surface area contributed by atoms with Crippen LogP contribution in [-0.4, -0.2) is 22.9 Å². The summed E-state index contributed by atoms with van der Waals surface area (Å²) in [5.41, 5.74) is 0. The number of rotatable bonds is 0. The summed E-state index contributed by atoms with van der Waals surface area (Å²) in [6.45, 7) is 0. The predicted octanol–water partition coefficient (Wildman–Crippen LogP) is 0.214. The van der Waals surface area contributed by atoms with Crippen LogP contribution in [0.25, 0.3) is 0 Å². The minimum absolute atomic E-state index is 0.413. The second-order valence-corrected chi connectivity index (χ2v) is 1.65. The number of hydrogen-bond donors (Lipinski definition) is 1. The molecule has 1 amide bonds. The molecule has 0 atom stereocenters. The third-order valence-electron chi connectivity index (χ3n) is 0.987. The zero-order valence-electron chi connectivity index (χ0n) is 5.37. The maximum atomic E-state index is 10.7. The summed E-state index contributed by atoms with van der Waals surface area (Å²) in [7, 11) is 1.47. The molecule has 0 aliphatic rings. The second kappa shape index (κ2) is 2.38. The number of nitrogens with one attached hydrogen (secondary N) is 1. The number of carbonyl (C=O) groups excluding carboxylic acids is 1.